The normalized spacial score (nSPS) is 10.8. The molecule has 3 rings (SSSR count). The molecule has 7 nitrogen and oxygen atoms in total. The Kier molecular flexibility index (Phi) is 7.54. The van der Waals surface area contributed by atoms with Crippen molar-refractivity contribution in [3.63, 3.8) is 0 Å². The molecule has 3 aromatic rings. The molecule has 0 saturated heterocycles. The fraction of sp³-hybridized carbons (Fsp3) is 0.0417. The van der Waals surface area contributed by atoms with Gasteiger partial charge in [-0.15, -0.1) is 0 Å². The molecule has 7 heteroatoms. The number of imide groups is 1. The van der Waals surface area contributed by atoms with Crippen molar-refractivity contribution >= 4 is 29.9 Å². The number of amides is 3. The molecule has 0 spiro atoms. The lowest BCUT2D eigenvalue weighted by molar-refractivity contribution is -0.117. The number of rotatable bonds is 7. The van der Waals surface area contributed by atoms with Gasteiger partial charge in [0.05, 0.1) is 0 Å². The average Bonchev–Trinajstić information content (AvgIpc) is 2.81. The highest BCUT2D eigenvalue weighted by Crippen LogP contribution is 2.05. The summed E-state index contributed by atoms with van der Waals surface area (Å²) in [6, 6.07) is 13.8. The summed E-state index contributed by atoms with van der Waals surface area (Å²) in [4.78, 5) is 44.0. The van der Waals surface area contributed by atoms with E-state index >= 15 is 0 Å². The van der Waals surface area contributed by atoms with Crippen molar-refractivity contribution in [3.8, 4) is 0 Å². The summed E-state index contributed by atoms with van der Waals surface area (Å²) in [6.07, 6.45) is 12.5. The first-order valence-corrected chi connectivity index (χ1v) is 9.48. The molecular weight excluding hydrogens is 392 g/mol. The summed E-state index contributed by atoms with van der Waals surface area (Å²) in [5.41, 5.74) is 2.75. The number of nitrogens with one attached hydrogen (secondary N) is 2. The molecule has 0 unspecified atom stereocenters. The molecule has 0 aliphatic heterocycles. The van der Waals surface area contributed by atoms with Crippen molar-refractivity contribution in [1.82, 2.24) is 20.6 Å². The van der Waals surface area contributed by atoms with Gasteiger partial charge in [0.15, 0.2) is 0 Å². The van der Waals surface area contributed by atoms with Crippen LogP contribution in [-0.4, -0.2) is 27.7 Å². The predicted octanol–water partition coefficient (Wildman–Crippen LogP) is 2.78. The standard InChI is InChI=1S/C24H20N4O3/c29-22(11-7-18-3-1-13-25-15-18)27-17-20-5-9-21(10-6-20)24(31)28-23(30)12-8-19-4-2-14-26-16-19/h1-16H,17H2,(H,27,29)(H,28,30,31)/b11-7+,12-8+. The van der Waals surface area contributed by atoms with Crippen LogP contribution in [0.1, 0.15) is 27.0 Å². The van der Waals surface area contributed by atoms with Gasteiger partial charge in [-0.25, -0.2) is 0 Å². The molecule has 2 aromatic heterocycles. The van der Waals surface area contributed by atoms with Gasteiger partial charge in [-0.1, -0.05) is 24.3 Å². The van der Waals surface area contributed by atoms with Crippen LogP contribution in [0.3, 0.4) is 0 Å². The minimum Gasteiger partial charge on any atom is -0.348 e. The van der Waals surface area contributed by atoms with Gasteiger partial charge in [0, 0.05) is 49.0 Å². The van der Waals surface area contributed by atoms with Crippen LogP contribution in [0.15, 0.2) is 85.5 Å². The summed E-state index contributed by atoms with van der Waals surface area (Å²) >= 11 is 0. The van der Waals surface area contributed by atoms with Crippen molar-refractivity contribution in [1.29, 1.82) is 0 Å². The number of hydrogen-bond acceptors (Lipinski definition) is 5. The predicted molar refractivity (Wildman–Crippen MR) is 117 cm³/mol. The van der Waals surface area contributed by atoms with Crippen LogP contribution >= 0.6 is 0 Å². The minimum atomic E-state index is -0.523. The third-order valence-electron chi connectivity index (χ3n) is 4.14. The van der Waals surface area contributed by atoms with E-state index < -0.39 is 11.8 Å². The maximum absolute atomic E-state index is 12.2. The molecule has 2 heterocycles. The fourth-order valence-corrected chi connectivity index (χ4v) is 2.54. The van der Waals surface area contributed by atoms with E-state index in [0.29, 0.717) is 12.1 Å². The number of nitrogens with zero attached hydrogens (tertiary/aromatic N) is 2. The van der Waals surface area contributed by atoms with E-state index in [1.54, 1.807) is 79.4 Å². The molecular formula is C24H20N4O3. The third-order valence-corrected chi connectivity index (χ3v) is 4.14. The first-order valence-electron chi connectivity index (χ1n) is 9.48. The van der Waals surface area contributed by atoms with Crippen LogP contribution in [0.25, 0.3) is 12.2 Å². The Morgan fingerprint density at radius 1 is 0.774 bits per heavy atom. The maximum atomic E-state index is 12.2. The molecule has 0 saturated carbocycles. The second-order valence-corrected chi connectivity index (χ2v) is 6.47. The van der Waals surface area contributed by atoms with E-state index in [4.69, 9.17) is 0 Å². The lowest BCUT2D eigenvalue weighted by atomic mass is 10.1. The molecule has 1 aromatic carbocycles. The number of aromatic nitrogens is 2. The van der Waals surface area contributed by atoms with Gasteiger partial charge in [-0.2, -0.15) is 0 Å². The Labute approximate surface area is 179 Å². The summed E-state index contributed by atoms with van der Waals surface area (Å²) in [6.45, 7) is 0.310. The summed E-state index contributed by atoms with van der Waals surface area (Å²) in [7, 11) is 0. The van der Waals surface area contributed by atoms with Crippen molar-refractivity contribution in [3.05, 3.63) is 108 Å². The Hall–Kier alpha value is -4.39. The van der Waals surface area contributed by atoms with E-state index in [-0.39, 0.29) is 5.91 Å². The maximum Gasteiger partial charge on any atom is 0.258 e. The number of carbonyl (C=O) groups excluding carboxylic acids is 3. The molecule has 0 fully saturated rings. The highest BCUT2D eigenvalue weighted by Gasteiger charge is 2.08. The van der Waals surface area contributed by atoms with E-state index in [9.17, 15) is 14.4 Å². The number of hydrogen-bond donors (Lipinski definition) is 2. The SMILES string of the molecule is O=C(/C=C/c1cccnc1)NCc1ccc(C(=O)NC(=O)/C=C/c2cccnc2)cc1. The monoisotopic (exact) mass is 412 g/mol. The topological polar surface area (TPSA) is 101 Å². The zero-order valence-corrected chi connectivity index (χ0v) is 16.6. The number of benzene rings is 1. The molecule has 0 aliphatic carbocycles. The molecule has 0 aliphatic rings. The Balaban J connectivity index is 1.47. The second-order valence-electron chi connectivity index (χ2n) is 6.47. The molecule has 154 valence electrons. The van der Waals surface area contributed by atoms with Gasteiger partial charge < -0.3 is 5.32 Å². The van der Waals surface area contributed by atoms with Crippen LogP contribution < -0.4 is 10.6 Å². The highest BCUT2D eigenvalue weighted by molar-refractivity contribution is 6.09. The number of pyridine rings is 2. The molecule has 31 heavy (non-hydrogen) atoms. The van der Waals surface area contributed by atoms with Crippen LogP contribution in [0.5, 0.6) is 0 Å². The van der Waals surface area contributed by atoms with Crippen LogP contribution in [0.4, 0.5) is 0 Å². The van der Waals surface area contributed by atoms with E-state index in [1.165, 1.54) is 12.2 Å². The minimum absolute atomic E-state index is 0.239. The lowest BCUT2D eigenvalue weighted by Gasteiger charge is -2.05. The van der Waals surface area contributed by atoms with Crippen LogP contribution in [0.2, 0.25) is 0 Å². The van der Waals surface area contributed by atoms with Gasteiger partial charge in [0.1, 0.15) is 0 Å². The van der Waals surface area contributed by atoms with Crippen LogP contribution in [-0.2, 0) is 16.1 Å². The first-order chi connectivity index (χ1) is 15.1. The first kappa shape index (κ1) is 21.3. The summed E-state index contributed by atoms with van der Waals surface area (Å²) < 4.78 is 0. The van der Waals surface area contributed by atoms with Crippen molar-refractivity contribution in [2.45, 2.75) is 6.54 Å². The molecule has 2 N–H and O–H groups in total. The Morgan fingerprint density at radius 3 is 1.90 bits per heavy atom. The third kappa shape index (κ3) is 7.17. The van der Waals surface area contributed by atoms with Gasteiger partial charge in [0.25, 0.3) is 11.8 Å². The van der Waals surface area contributed by atoms with E-state index in [2.05, 4.69) is 20.6 Å². The van der Waals surface area contributed by atoms with Gasteiger partial charge in [-0.05, 0) is 53.1 Å². The molecule has 0 bridgehead atoms. The van der Waals surface area contributed by atoms with Gasteiger partial charge in [0.2, 0.25) is 5.91 Å². The average molecular weight is 412 g/mol. The van der Waals surface area contributed by atoms with Crippen molar-refractivity contribution in [2.75, 3.05) is 0 Å². The quantitative estimate of drug-likeness (QED) is 0.581. The van der Waals surface area contributed by atoms with Gasteiger partial charge >= 0.3 is 0 Å². The summed E-state index contributed by atoms with van der Waals surface area (Å²) in [5, 5.41) is 5.07. The van der Waals surface area contributed by atoms with E-state index in [1.807, 2.05) is 6.07 Å². The Morgan fingerprint density at radius 2 is 1.35 bits per heavy atom. The van der Waals surface area contributed by atoms with Gasteiger partial charge in [-0.3, -0.25) is 29.7 Å². The molecule has 0 atom stereocenters. The zero-order valence-electron chi connectivity index (χ0n) is 16.6. The van der Waals surface area contributed by atoms with Crippen molar-refractivity contribution < 1.29 is 14.4 Å². The zero-order chi connectivity index (χ0) is 21.9. The molecule has 3 amide bonds. The number of carbonyl (C=O) groups is 3. The largest absolute Gasteiger partial charge is 0.348 e. The smallest absolute Gasteiger partial charge is 0.258 e. The van der Waals surface area contributed by atoms with Crippen LogP contribution in [0, 0.1) is 0 Å². The van der Waals surface area contributed by atoms with Crippen molar-refractivity contribution in [2.24, 2.45) is 0 Å². The lowest BCUT2D eigenvalue weighted by Crippen LogP contribution is -2.28. The molecule has 0 radical (unpaired) electrons. The second kappa shape index (κ2) is 11.0. The fourth-order valence-electron chi connectivity index (χ4n) is 2.54. The summed E-state index contributed by atoms with van der Waals surface area (Å²) in [5.74, 6) is -1.27. The van der Waals surface area contributed by atoms with E-state index in [0.717, 1.165) is 16.7 Å². The highest BCUT2D eigenvalue weighted by atomic mass is 16.2. The Bertz CT molecular complexity index is 1090.